The van der Waals surface area contributed by atoms with Gasteiger partial charge in [0.1, 0.15) is 5.69 Å². The van der Waals surface area contributed by atoms with Gasteiger partial charge in [0.25, 0.3) is 0 Å². The van der Waals surface area contributed by atoms with E-state index in [4.69, 9.17) is 13.1 Å². The van der Waals surface area contributed by atoms with Crippen LogP contribution in [0.15, 0.2) is 6.33 Å². The van der Waals surface area contributed by atoms with Crippen LogP contribution < -0.4 is 0 Å². The van der Waals surface area contributed by atoms with Crippen LogP contribution in [0.2, 0.25) is 0 Å². The smallest absolute Gasteiger partial charge is 0.358 e. The topological polar surface area (TPSA) is 84.8 Å². The maximum atomic E-state index is 10.5. The van der Waals surface area contributed by atoms with Gasteiger partial charge in [-0.1, -0.05) is 0 Å². The minimum atomic E-state index is -0.578. The third-order valence-electron chi connectivity index (χ3n) is 1.76. The van der Waals surface area contributed by atoms with Crippen molar-refractivity contribution in [2.45, 2.75) is 19.3 Å². The van der Waals surface area contributed by atoms with Gasteiger partial charge < -0.3 is 14.7 Å². The SMILES string of the molecule is [B]Cc1c([N+](=O)[O-])ncn1CCC#N. The molecular weight excluding hydrogens is 183 g/mol. The Morgan fingerprint density at radius 2 is 2.50 bits per heavy atom. The second-order valence-corrected chi connectivity index (χ2v) is 2.58. The zero-order chi connectivity index (χ0) is 10.6. The van der Waals surface area contributed by atoms with Crippen molar-refractivity contribution in [1.82, 2.24) is 9.55 Å². The van der Waals surface area contributed by atoms with E-state index in [0.29, 0.717) is 12.2 Å². The van der Waals surface area contributed by atoms with Crippen molar-refractivity contribution in [1.29, 1.82) is 5.26 Å². The van der Waals surface area contributed by atoms with Crippen molar-refractivity contribution in [2.24, 2.45) is 0 Å². The van der Waals surface area contributed by atoms with Crippen LogP contribution in [0, 0.1) is 21.4 Å². The molecule has 70 valence electrons. The molecule has 0 aliphatic rings. The molecule has 1 aromatic rings. The largest absolute Gasteiger partial charge is 0.384 e. The van der Waals surface area contributed by atoms with Gasteiger partial charge in [0.05, 0.1) is 20.3 Å². The Morgan fingerprint density at radius 1 is 1.79 bits per heavy atom. The van der Waals surface area contributed by atoms with Crippen LogP contribution in [0.5, 0.6) is 0 Å². The van der Waals surface area contributed by atoms with Crippen LogP contribution in [-0.4, -0.2) is 22.3 Å². The molecule has 1 aromatic heterocycles. The number of aromatic nitrogens is 2. The van der Waals surface area contributed by atoms with E-state index in [-0.39, 0.29) is 18.6 Å². The van der Waals surface area contributed by atoms with E-state index in [1.165, 1.54) is 10.9 Å². The molecule has 0 spiro atoms. The lowest BCUT2D eigenvalue weighted by molar-refractivity contribution is -0.390. The quantitative estimate of drug-likeness (QED) is 0.390. The van der Waals surface area contributed by atoms with Crippen molar-refractivity contribution >= 4 is 13.7 Å². The Bertz CT molecular complexity index is 382. The Morgan fingerprint density at radius 3 is 3.00 bits per heavy atom. The molecular formula is C7H7BN4O2. The monoisotopic (exact) mass is 190 g/mol. The molecule has 0 aliphatic carbocycles. The first-order valence-corrected chi connectivity index (χ1v) is 3.96. The first kappa shape index (κ1) is 10.2. The number of hydrogen-bond donors (Lipinski definition) is 0. The average Bonchev–Trinajstić information content (AvgIpc) is 2.57. The first-order chi connectivity index (χ1) is 6.70. The van der Waals surface area contributed by atoms with Gasteiger partial charge in [-0.05, 0) is 16.2 Å². The summed E-state index contributed by atoms with van der Waals surface area (Å²) in [5, 5.41) is 18.8. The number of imidazole rings is 1. The molecule has 6 nitrogen and oxygen atoms in total. The maximum absolute atomic E-state index is 10.5. The van der Waals surface area contributed by atoms with E-state index in [1.807, 2.05) is 6.07 Å². The Labute approximate surface area is 81.7 Å². The van der Waals surface area contributed by atoms with E-state index < -0.39 is 4.92 Å². The summed E-state index contributed by atoms with van der Waals surface area (Å²) in [6.45, 7) is 0.379. The standard InChI is InChI=1S/C7H7BN4O2/c8-4-6-7(12(13)14)10-5-11(6)3-1-2-9/h5H,1,3-4H2. The van der Waals surface area contributed by atoms with Crippen LogP contribution in [0.3, 0.4) is 0 Å². The highest BCUT2D eigenvalue weighted by Crippen LogP contribution is 2.15. The Hall–Kier alpha value is -1.84. The molecule has 2 radical (unpaired) electrons. The third kappa shape index (κ3) is 1.91. The lowest BCUT2D eigenvalue weighted by Crippen LogP contribution is -2.03. The van der Waals surface area contributed by atoms with E-state index in [9.17, 15) is 10.1 Å². The van der Waals surface area contributed by atoms with Gasteiger partial charge in [-0.15, -0.1) is 0 Å². The fraction of sp³-hybridized carbons (Fsp3) is 0.429. The van der Waals surface area contributed by atoms with Crippen LogP contribution >= 0.6 is 0 Å². The lowest BCUT2D eigenvalue weighted by Gasteiger charge is -2.01. The molecule has 14 heavy (non-hydrogen) atoms. The van der Waals surface area contributed by atoms with Gasteiger partial charge in [0, 0.05) is 6.54 Å². The third-order valence-corrected chi connectivity index (χ3v) is 1.76. The maximum Gasteiger partial charge on any atom is 0.384 e. The Balaban J connectivity index is 2.96. The summed E-state index contributed by atoms with van der Waals surface area (Å²) in [6.07, 6.45) is 1.65. The van der Waals surface area contributed by atoms with Crippen molar-refractivity contribution in [2.75, 3.05) is 0 Å². The van der Waals surface area contributed by atoms with Crippen molar-refractivity contribution in [3.63, 3.8) is 0 Å². The molecule has 0 N–H and O–H groups in total. The second kappa shape index (κ2) is 4.41. The average molecular weight is 190 g/mol. The Kier molecular flexibility index (Phi) is 3.23. The van der Waals surface area contributed by atoms with E-state index in [2.05, 4.69) is 4.98 Å². The summed E-state index contributed by atoms with van der Waals surface area (Å²) in [6, 6.07) is 1.95. The molecule has 0 aliphatic heterocycles. The second-order valence-electron chi connectivity index (χ2n) is 2.58. The predicted octanol–water partition coefficient (Wildman–Crippen LogP) is 0.373. The molecule has 0 atom stereocenters. The molecule has 0 amide bonds. The first-order valence-electron chi connectivity index (χ1n) is 3.96. The zero-order valence-corrected chi connectivity index (χ0v) is 7.38. The zero-order valence-electron chi connectivity index (χ0n) is 7.38. The molecule has 0 bridgehead atoms. The fourth-order valence-corrected chi connectivity index (χ4v) is 1.12. The van der Waals surface area contributed by atoms with Gasteiger partial charge in [0.15, 0.2) is 0 Å². The summed E-state index contributed by atoms with van der Waals surface area (Å²) in [4.78, 5) is 13.5. The number of hydrogen-bond acceptors (Lipinski definition) is 4. The summed E-state index contributed by atoms with van der Waals surface area (Å²) < 4.78 is 1.53. The van der Waals surface area contributed by atoms with E-state index in [0.717, 1.165) is 0 Å². The summed E-state index contributed by atoms with van der Waals surface area (Å²) in [5.41, 5.74) is 0.352. The van der Waals surface area contributed by atoms with Gasteiger partial charge in [0.2, 0.25) is 6.33 Å². The highest BCUT2D eigenvalue weighted by molar-refractivity contribution is 6.08. The predicted molar refractivity (Wildman–Crippen MR) is 48.6 cm³/mol. The van der Waals surface area contributed by atoms with Crippen LogP contribution in [-0.2, 0) is 12.9 Å². The number of rotatable bonds is 4. The van der Waals surface area contributed by atoms with Gasteiger partial charge >= 0.3 is 5.82 Å². The highest BCUT2D eigenvalue weighted by atomic mass is 16.6. The molecule has 0 saturated carbocycles. The lowest BCUT2D eigenvalue weighted by atomic mass is 10.0. The van der Waals surface area contributed by atoms with Crippen molar-refractivity contribution < 1.29 is 4.92 Å². The molecule has 1 rings (SSSR count). The van der Waals surface area contributed by atoms with Crippen LogP contribution in [0.4, 0.5) is 5.82 Å². The van der Waals surface area contributed by atoms with E-state index >= 15 is 0 Å². The molecule has 0 fully saturated rings. The van der Waals surface area contributed by atoms with E-state index in [1.54, 1.807) is 0 Å². The molecule has 1 heterocycles. The van der Waals surface area contributed by atoms with Crippen LogP contribution in [0.1, 0.15) is 12.1 Å². The number of aryl methyl sites for hydroxylation is 1. The molecule has 0 aromatic carbocycles. The number of nitro groups is 1. The van der Waals surface area contributed by atoms with Crippen LogP contribution in [0.25, 0.3) is 0 Å². The fourth-order valence-electron chi connectivity index (χ4n) is 1.12. The number of nitriles is 1. The van der Waals surface area contributed by atoms with Gasteiger partial charge in [-0.3, -0.25) is 0 Å². The normalized spacial score (nSPS) is 9.64. The highest BCUT2D eigenvalue weighted by Gasteiger charge is 2.18. The van der Waals surface area contributed by atoms with Gasteiger partial charge in [-0.2, -0.15) is 5.26 Å². The minimum Gasteiger partial charge on any atom is -0.358 e. The van der Waals surface area contributed by atoms with Gasteiger partial charge in [-0.25, -0.2) is 0 Å². The molecule has 0 unspecified atom stereocenters. The van der Waals surface area contributed by atoms with Crippen molar-refractivity contribution in [3.05, 3.63) is 22.1 Å². The summed E-state index contributed by atoms with van der Waals surface area (Å²) >= 11 is 0. The molecule has 7 heteroatoms. The minimum absolute atomic E-state index is 0.0434. The summed E-state index contributed by atoms with van der Waals surface area (Å²) in [7, 11) is 5.36. The molecule has 0 saturated heterocycles. The van der Waals surface area contributed by atoms with Crippen molar-refractivity contribution in [3.8, 4) is 6.07 Å². The number of nitrogens with zero attached hydrogens (tertiary/aromatic N) is 4. The summed E-state index contributed by atoms with van der Waals surface area (Å²) in [5.74, 6) is -0.231.